The van der Waals surface area contributed by atoms with Gasteiger partial charge < -0.3 is 14.6 Å². The maximum atomic E-state index is 12.3. The number of para-hydroxylation sites is 3. The molecule has 9 nitrogen and oxygen atoms in total. The highest BCUT2D eigenvalue weighted by Gasteiger charge is 2.21. The van der Waals surface area contributed by atoms with Crippen LogP contribution in [0.5, 0.6) is 5.75 Å². The Labute approximate surface area is 184 Å². The number of benzene rings is 2. The molecule has 3 rings (SSSR count). The van der Waals surface area contributed by atoms with Crippen LogP contribution in [0.3, 0.4) is 0 Å². The maximum Gasteiger partial charge on any atom is 0.292 e. The highest BCUT2D eigenvalue weighted by atomic mass is 32.2. The Balaban J connectivity index is 1.66. The van der Waals surface area contributed by atoms with Gasteiger partial charge >= 0.3 is 0 Å². The molecule has 0 aliphatic rings. The minimum absolute atomic E-state index is 0.0389. The average Bonchev–Trinajstić information content (AvgIpc) is 3.17. The Morgan fingerprint density at radius 1 is 1.23 bits per heavy atom. The van der Waals surface area contributed by atoms with Crippen LogP contribution in [0.1, 0.15) is 31.3 Å². The van der Waals surface area contributed by atoms with Crippen LogP contribution in [0.4, 0.5) is 11.4 Å². The molecule has 0 saturated heterocycles. The number of ether oxygens (including phenoxy) is 1. The summed E-state index contributed by atoms with van der Waals surface area (Å²) < 4.78 is 7.95. The molecule has 1 heterocycles. The second kappa shape index (κ2) is 10.1. The molecule has 1 aromatic heterocycles. The van der Waals surface area contributed by atoms with Gasteiger partial charge in [0.05, 0.1) is 10.7 Å². The largest absolute Gasteiger partial charge is 0.482 e. The zero-order valence-electron chi connectivity index (χ0n) is 17.4. The van der Waals surface area contributed by atoms with E-state index in [9.17, 15) is 14.9 Å². The number of aromatic nitrogens is 3. The zero-order chi connectivity index (χ0) is 22.4. The van der Waals surface area contributed by atoms with Gasteiger partial charge in [0.25, 0.3) is 5.69 Å². The molecule has 0 bridgehead atoms. The summed E-state index contributed by atoms with van der Waals surface area (Å²) in [6.45, 7) is 6.45. The number of thioether (sulfide) groups is 1. The van der Waals surface area contributed by atoms with E-state index in [0.29, 0.717) is 17.5 Å². The number of amides is 1. The van der Waals surface area contributed by atoms with Gasteiger partial charge in [-0.25, -0.2) is 0 Å². The van der Waals surface area contributed by atoms with Crippen molar-refractivity contribution < 1.29 is 14.5 Å². The Bertz CT molecular complexity index is 1090. The molecule has 1 unspecified atom stereocenters. The van der Waals surface area contributed by atoms with Gasteiger partial charge in [-0.1, -0.05) is 42.1 Å². The third kappa shape index (κ3) is 5.40. The lowest BCUT2D eigenvalue weighted by Crippen LogP contribution is -2.16. The van der Waals surface area contributed by atoms with Crippen LogP contribution >= 0.6 is 11.8 Å². The van der Waals surface area contributed by atoms with Crippen molar-refractivity contribution in [2.45, 2.75) is 38.6 Å². The molecule has 2 aromatic carbocycles. The molecule has 0 saturated carbocycles. The van der Waals surface area contributed by atoms with Gasteiger partial charge in [-0.05, 0) is 38.5 Å². The molecule has 10 heteroatoms. The van der Waals surface area contributed by atoms with Gasteiger partial charge in [0.15, 0.2) is 17.1 Å². The third-order valence-electron chi connectivity index (χ3n) is 4.53. The van der Waals surface area contributed by atoms with E-state index in [1.165, 1.54) is 23.9 Å². The minimum Gasteiger partial charge on any atom is -0.482 e. The van der Waals surface area contributed by atoms with E-state index < -0.39 is 4.92 Å². The summed E-state index contributed by atoms with van der Waals surface area (Å²) in [5.41, 5.74) is 1.04. The van der Waals surface area contributed by atoms with Crippen LogP contribution in [0.25, 0.3) is 0 Å². The smallest absolute Gasteiger partial charge is 0.292 e. The van der Waals surface area contributed by atoms with Crippen molar-refractivity contribution in [2.75, 3.05) is 11.1 Å². The van der Waals surface area contributed by atoms with E-state index in [-0.39, 0.29) is 29.1 Å². The normalized spacial score (nSPS) is 11.7. The molecular weight excluding hydrogens is 418 g/mol. The number of hydrogen-bond donors (Lipinski definition) is 1. The number of carbonyl (C=O) groups excluding carboxylic acids is 1. The zero-order valence-corrected chi connectivity index (χ0v) is 18.3. The third-order valence-corrected chi connectivity index (χ3v) is 5.50. The molecule has 162 valence electrons. The summed E-state index contributed by atoms with van der Waals surface area (Å²) in [6, 6.07) is 13.8. The number of nitro benzene ring substituents is 1. The van der Waals surface area contributed by atoms with Crippen molar-refractivity contribution in [3.63, 3.8) is 0 Å². The van der Waals surface area contributed by atoms with Crippen molar-refractivity contribution in [1.29, 1.82) is 0 Å². The van der Waals surface area contributed by atoms with Gasteiger partial charge in [0.1, 0.15) is 11.4 Å². The fourth-order valence-corrected chi connectivity index (χ4v) is 3.80. The average molecular weight is 442 g/mol. The summed E-state index contributed by atoms with van der Waals surface area (Å²) in [4.78, 5) is 22.9. The first-order chi connectivity index (χ1) is 14.9. The molecule has 0 fully saturated rings. The second-order valence-electron chi connectivity index (χ2n) is 6.72. The van der Waals surface area contributed by atoms with Crippen molar-refractivity contribution >= 4 is 29.0 Å². The standard InChI is InChI=1S/C21H23N5O4S/c1-4-25-20(15(3)30-18-12-8-5-9-14(18)2)23-24-21(25)31-13-19(27)22-16-10-6-7-11-17(16)26(28)29/h5-12,15H,4,13H2,1-3H3,(H,22,27). The molecule has 31 heavy (non-hydrogen) atoms. The lowest BCUT2D eigenvalue weighted by molar-refractivity contribution is -0.383. The quantitative estimate of drug-likeness (QED) is 0.298. The lowest BCUT2D eigenvalue weighted by atomic mass is 10.2. The van der Waals surface area contributed by atoms with Crippen LogP contribution in [-0.2, 0) is 11.3 Å². The summed E-state index contributed by atoms with van der Waals surface area (Å²) in [7, 11) is 0. The number of rotatable bonds is 9. The van der Waals surface area contributed by atoms with E-state index in [4.69, 9.17) is 4.74 Å². The second-order valence-corrected chi connectivity index (χ2v) is 7.66. The van der Waals surface area contributed by atoms with E-state index in [2.05, 4.69) is 15.5 Å². The van der Waals surface area contributed by atoms with Gasteiger partial charge in [-0.15, -0.1) is 10.2 Å². The number of nitrogens with one attached hydrogen (secondary N) is 1. The Morgan fingerprint density at radius 2 is 1.94 bits per heavy atom. The molecule has 1 N–H and O–H groups in total. The van der Waals surface area contributed by atoms with Crippen molar-refractivity contribution in [1.82, 2.24) is 14.8 Å². The Hall–Kier alpha value is -3.40. The molecule has 1 atom stereocenters. The maximum absolute atomic E-state index is 12.3. The van der Waals surface area contributed by atoms with Crippen molar-refractivity contribution in [2.24, 2.45) is 0 Å². The summed E-state index contributed by atoms with van der Waals surface area (Å²) in [5.74, 6) is 1.11. The number of hydrogen-bond acceptors (Lipinski definition) is 7. The topological polar surface area (TPSA) is 112 Å². The summed E-state index contributed by atoms with van der Waals surface area (Å²) in [6.07, 6.45) is -0.330. The monoisotopic (exact) mass is 441 g/mol. The Morgan fingerprint density at radius 3 is 2.65 bits per heavy atom. The van der Waals surface area contributed by atoms with E-state index in [0.717, 1.165) is 11.3 Å². The van der Waals surface area contributed by atoms with Crippen LogP contribution in [0, 0.1) is 17.0 Å². The fraction of sp³-hybridized carbons (Fsp3) is 0.286. The van der Waals surface area contributed by atoms with Crippen LogP contribution in [0.2, 0.25) is 0 Å². The number of nitro groups is 1. The highest BCUT2D eigenvalue weighted by molar-refractivity contribution is 7.99. The van der Waals surface area contributed by atoms with Gasteiger partial charge in [-0.3, -0.25) is 14.9 Å². The summed E-state index contributed by atoms with van der Waals surface area (Å²) in [5, 5.41) is 22.7. The first-order valence-electron chi connectivity index (χ1n) is 9.72. The fourth-order valence-electron chi connectivity index (χ4n) is 2.99. The minimum atomic E-state index is -0.529. The SMILES string of the molecule is CCn1c(SCC(=O)Nc2ccccc2[N+](=O)[O-])nnc1C(C)Oc1ccccc1C. The number of anilines is 1. The number of nitrogens with zero attached hydrogens (tertiary/aromatic N) is 4. The first kappa shape index (κ1) is 22.3. The molecule has 0 aliphatic heterocycles. The van der Waals surface area contributed by atoms with E-state index in [1.807, 2.05) is 49.6 Å². The van der Waals surface area contributed by atoms with Gasteiger partial charge in [0.2, 0.25) is 5.91 Å². The highest BCUT2D eigenvalue weighted by Crippen LogP contribution is 2.27. The molecule has 3 aromatic rings. The van der Waals surface area contributed by atoms with Crippen molar-refractivity contribution in [3.8, 4) is 5.75 Å². The number of carbonyl (C=O) groups is 1. The van der Waals surface area contributed by atoms with Crippen LogP contribution < -0.4 is 10.1 Å². The van der Waals surface area contributed by atoms with Gasteiger partial charge in [0, 0.05) is 12.6 Å². The predicted octanol–water partition coefficient (Wildman–Crippen LogP) is 4.39. The lowest BCUT2D eigenvalue weighted by Gasteiger charge is -2.17. The molecule has 0 spiro atoms. The number of aryl methyl sites for hydroxylation is 1. The Kier molecular flexibility index (Phi) is 7.24. The van der Waals surface area contributed by atoms with Crippen LogP contribution in [0.15, 0.2) is 53.7 Å². The molecule has 1 amide bonds. The van der Waals surface area contributed by atoms with Gasteiger partial charge in [-0.2, -0.15) is 0 Å². The summed E-state index contributed by atoms with van der Waals surface area (Å²) >= 11 is 1.21. The van der Waals surface area contributed by atoms with Crippen LogP contribution in [-0.4, -0.2) is 31.3 Å². The predicted molar refractivity (Wildman–Crippen MR) is 118 cm³/mol. The first-order valence-corrected chi connectivity index (χ1v) is 10.7. The van der Waals surface area contributed by atoms with E-state index in [1.54, 1.807) is 12.1 Å². The van der Waals surface area contributed by atoms with Crippen molar-refractivity contribution in [3.05, 3.63) is 70.0 Å². The molecule has 0 aliphatic carbocycles. The van der Waals surface area contributed by atoms with E-state index >= 15 is 0 Å². The molecular formula is C21H23N5O4S. The molecule has 0 radical (unpaired) electrons.